The molecule has 19 heteroatoms. The maximum atomic E-state index is 13.7. The van der Waals surface area contributed by atoms with E-state index in [4.69, 9.17) is 0 Å². The molecule has 1 heterocycles. The van der Waals surface area contributed by atoms with Crippen LogP contribution in [0.1, 0.15) is 6.42 Å². The van der Waals surface area contributed by atoms with Crippen LogP contribution in [0.25, 0.3) is 0 Å². The number of alkyl halides is 13. The van der Waals surface area contributed by atoms with Crippen molar-refractivity contribution in [2.24, 2.45) is 0 Å². The molecule has 2 nitrogen and oxygen atoms in total. The second-order valence-corrected chi connectivity index (χ2v) is 12.6. The van der Waals surface area contributed by atoms with Gasteiger partial charge in [-0.15, -0.1) is 11.3 Å². The summed E-state index contributed by atoms with van der Waals surface area (Å²) in [6, 6.07) is 0.894. The van der Waals surface area contributed by atoms with E-state index in [2.05, 4.69) is 0 Å². The van der Waals surface area contributed by atoms with Crippen LogP contribution in [0.5, 0.6) is 0 Å². The summed E-state index contributed by atoms with van der Waals surface area (Å²) in [5, 5.41) is 0. The van der Waals surface area contributed by atoms with Crippen molar-refractivity contribution < 1.29 is 65.5 Å². The van der Waals surface area contributed by atoms with Crippen molar-refractivity contribution in [2.45, 2.75) is 47.1 Å². The topological polar surface area (TPSA) is 34.1 Å². The van der Waals surface area contributed by atoms with Crippen LogP contribution in [-0.2, 0) is 9.84 Å². The van der Waals surface area contributed by atoms with E-state index in [0.717, 1.165) is 17.4 Å². The molecular weight excluding hydrogens is 741 g/mol. The summed E-state index contributed by atoms with van der Waals surface area (Å²) in [5.74, 6) is -39.7. The van der Waals surface area contributed by atoms with Crippen molar-refractivity contribution in [2.75, 3.05) is 5.75 Å². The third-order valence-corrected chi connectivity index (χ3v) is 8.80. The Bertz CT molecular complexity index is 921. The standard InChI is InChI=1S/C12H5F13I2O2S2/c13-7(14,1-2-31(28,29)4-3-5(26)30-6(4)27)8(15,16)9(17,18)10(19,20)11(21,22)12(23,24)25/h3H,1-2H2. The highest BCUT2D eigenvalue weighted by Crippen LogP contribution is 2.60. The molecule has 0 saturated heterocycles. The summed E-state index contributed by atoms with van der Waals surface area (Å²) >= 11 is 3.80. The van der Waals surface area contributed by atoms with E-state index in [1.54, 1.807) is 22.6 Å². The highest BCUT2D eigenvalue weighted by molar-refractivity contribution is 14.1. The van der Waals surface area contributed by atoms with Gasteiger partial charge in [-0.1, -0.05) is 0 Å². The van der Waals surface area contributed by atoms with Crippen molar-refractivity contribution in [3.63, 3.8) is 0 Å². The first-order valence-electron chi connectivity index (χ1n) is 7.00. The molecule has 0 N–H and O–H groups in total. The summed E-state index contributed by atoms with van der Waals surface area (Å²) in [7, 11) is -4.87. The first-order chi connectivity index (χ1) is 13.4. The summed E-state index contributed by atoms with van der Waals surface area (Å²) in [5.41, 5.74) is 0. The van der Waals surface area contributed by atoms with Gasteiger partial charge in [0.25, 0.3) is 0 Å². The van der Waals surface area contributed by atoms with Crippen LogP contribution in [0.3, 0.4) is 0 Å². The molecule has 0 amide bonds. The summed E-state index contributed by atoms with van der Waals surface area (Å²) in [4.78, 5) is -0.678. The normalized spacial score (nSPS) is 15.5. The number of halogens is 15. The van der Waals surface area contributed by atoms with E-state index in [0.29, 0.717) is 0 Å². The lowest BCUT2D eigenvalue weighted by Gasteiger charge is -2.39. The quantitative estimate of drug-likeness (QED) is 0.216. The van der Waals surface area contributed by atoms with Gasteiger partial charge >= 0.3 is 35.8 Å². The molecule has 1 aromatic heterocycles. The van der Waals surface area contributed by atoms with E-state index < -0.39 is 62.7 Å². The molecule has 1 aromatic rings. The zero-order chi connectivity index (χ0) is 25.1. The van der Waals surface area contributed by atoms with Gasteiger partial charge in [-0.2, -0.15) is 57.1 Å². The summed E-state index contributed by atoms with van der Waals surface area (Å²) < 4.78 is 193. The van der Waals surface area contributed by atoms with Crippen LogP contribution in [0.2, 0.25) is 0 Å². The Morgan fingerprint density at radius 1 is 0.742 bits per heavy atom. The molecule has 0 saturated carbocycles. The molecule has 1 rings (SSSR count). The minimum Gasteiger partial charge on any atom is -0.224 e. The van der Waals surface area contributed by atoms with Gasteiger partial charge in [0.1, 0.15) is 0 Å². The summed E-state index contributed by atoms with van der Waals surface area (Å²) in [6.45, 7) is 0. The van der Waals surface area contributed by atoms with E-state index in [-0.39, 0.29) is 5.77 Å². The smallest absolute Gasteiger partial charge is 0.224 e. The molecule has 0 atom stereocenters. The van der Waals surface area contributed by atoms with Crippen molar-refractivity contribution in [3.05, 3.63) is 11.8 Å². The molecule has 0 aliphatic carbocycles. The second kappa shape index (κ2) is 8.45. The van der Waals surface area contributed by atoms with E-state index in [1.807, 2.05) is 0 Å². The zero-order valence-electron chi connectivity index (χ0n) is 13.8. The molecule has 0 aliphatic heterocycles. The van der Waals surface area contributed by atoms with Gasteiger partial charge < -0.3 is 0 Å². The molecule has 0 aromatic carbocycles. The Labute approximate surface area is 195 Å². The SMILES string of the molecule is O=S(=O)(CCC(F)(F)C(F)(F)C(F)(F)C(F)(F)C(F)(F)C(F)(F)F)c1cc(I)sc1I. The lowest BCUT2D eigenvalue weighted by atomic mass is 9.93. The predicted molar refractivity (Wildman–Crippen MR) is 97.2 cm³/mol. The van der Waals surface area contributed by atoms with Crippen molar-refractivity contribution >= 4 is 66.4 Å². The molecule has 31 heavy (non-hydrogen) atoms. The van der Waals surface area contributed by atoms with Crippen LogP contribution >= 0.6 is 56.5 Å². The first kappa shape index (κ1) is 29.2. The molecular formula is C12H5F13I2O2S2. The summed E-state index contributed by atoms with van der Waals surface area (Å²) in [6.07, 6.45) is -10.3. The number of rotatable bonds is 8. The van der Waals surface area contributed by atoms with Gasteiger partial charge in [-0.25, -0.2) is 8.42 Å². The third-order valence-electron chi connectivity index (χ3n) is 3.64. The average molecular weight is 746 g/mol. The maximum absolute atomic E-state index is 13.7. The fraction of sp³-hybridized carbons (Fsp3) is 0.667. The molecule has 0 unspecified atom stereocenters. The zero-order valence-corrected chi connectivity index (χ0v) is 19.7. The predicted octanol–water partition coefficient (Wildman–Crippen LogP) is 6.86. The largest absolute Gasteiger partial charge is 0.460 e. The van der Waals surface area contributed by atoms with Gasteiger partial charge in [-0.05, 0) is 51.2 Å². The van der Waals surface area contributed by atoms with E-state index in [9.17, 15) is 65.5 Å². The Balaban J connectivity index is 3.33. The molecule has 0 fully saturated rings. The molecule has 0 bridgehead atoms. The van der Waals surface area contributed by atoms with Gasteiger partial charge in [0, 0.05) is 6.42 Å². The van der Waals surface area contributed by atoms with Gasteiger partial charge in [0.2, 0.25) is 0 Å². The van der Waals surface area contributed by atoms with Crippen molar-refractivity contribution in [1.29, 1.82) is 0 Å². The first-order valence-corrected chi connectivity index (χ1v) is 11.6. The third kappa shape index (κ3) is 4.87. The van der Waals surface area contributed by atoms with Crippen LogP contribution in [0.15, 0.2) is 11.0 Å². The fourth-order valence-electron chi connectivity index (χ4n) is 1.87. The Kier molecular flexibility index (Phi) is 7.97. The number of hydrogen-bond acceptors (Lipinski definition) is 3. The Hall–Kier alpha value is 0.200. The van der Waals surface area contributed by atoms with Gasteiger partial charge in [0.05, 0.1) is 16.4 Å². The molecule has 0 radical (unpaired) electrons. The number of thiophene rings is 1. The molecule has 0 spiro atoms. The van der Waals surface area contributed by atoms with E-state index in [1.165, 1.54) is 22.6 Å². The van der Waals surface area contributed by atoms with Crippen molar-refractivity contribution in [3.8, 4) is 0 Å². The maximum Gasteiger partial charge on any atom is 0.460 e. The molecule has 182 valence electrons. The minimum absolute atomic E-state index is 0.0567. The van der Waals surface area contributed by atoms with E-state index >= 15 is 0 Å². The molecule has 0 aliphatic rings. The number of hydrogen-bond donors (Lipinski definition) is 0. The van der Waals surface area contributed by atoms with Gasteiger partial charge in [0.15, 0.2) is 9.84 Å². The number of sulfone groups is 1. The lowest BCUT2D eigenvalue weighted by molar-refractivity contribution is -0.439. The second-order valence-electron chi connectivity index (χ2n) is 5.76. The average Bonchev–Trinajstić information content (AvgIpc) is 2.90. The van der Waals surface area contributed by atoms with Crippen molar-refractivity contribution in [1.82, 2.24) is 0 Å². The Morgan fingerprint density at radius 2 is 1.16 bits per heavy atom. The van der Waals surface area contributed by atoms with Crippen LogP contribution < -0.4 is 0 Å². The lowest BCUT2D eigenvalue weighted by Crippen LogP contribution is -2.70. The minimum atomic E-state index is -8.01. The van der Waals surface area contributed by atoms with Gasteiger partial charge in [-0.3, -0.25) is 0 Å². The highest BCUT2D eigenvalue weighted by atomic mass is 127. The monoisotopic (exact) mass is 746 g/mol. The van der Waals surface area contributed by atoms with Crippen LogP contribution in [0, 0.1) is 5.77 Å². The highest BCUT2D eigenvalue weighted by Gasteiger charge is 2.90. The van der Waals surface area contributed by atoms with Crippen LogP contribution in [-0.4, -0.2) is 50.0 Å². The fourth-order valence-corrected chi connectivity index (χ4v) is 8.56. The van der Waals surface area contributed by atoms with Crippen LogP contribution in [0.4, 0.5) is 57.1 Å². The Morgan fingerprint density at radius 3 is 1.52 bits per heavy atom.